The zero-order valence-corrected chi connectivity index (χ0v) is 17.0. The molecule has 2 N–H and O–H groups in total. The van der Waals surface area contributed by atoms with Gasteiger partial charge in [0.25, 0.3) is 5.56 Å². The first kappa shape index (κ1) is 20.7. The Bertz CT molecular complexity index is 1050. The van der Waals surface area contributed by atoms with Crippen LogP contribution in [0.4, 0.5) is 4.39 Å². The molecule has 0 aliphatic rings. The van der Waals surface area contributed by atoms with Crippen molar-refractivity contribution in [2.24, 2.45) is 5.41 Å². The minimum atomic E-state index is -0.305. The van der Waals surface area contributed by atoms with Gasteiger partial charge in [-0.15, -0.1) is 0 Å². The zero-order chi connectivity index (χ0) is 21.0. The smallest absolute Gasteiger partial charge is 0.258 e. The predicted molar refractivity (Wildman–Crippen MR) is 112 cm³/mol. The molecule has 0 aliphatic carbocycles. The number of para-hydroxylation sites is 1. The Hall–Kier alpha value is -3.02. The Morgan fingerprint density at radius 1 is 1.14 bits per heavy atom. The van der Waals surface area contributed by atoms with Gasteiger partial charge in [0.2, 0.25) is 5.91 Å². The summed E-state index contributed by atoms with van der Waals surface area (Å²) in [5, 5.41) is 3.58. The third-order valence-corrected chi connectivity index (χ3v) is 4.67. The van der Waals surface area contributed by atoms with E-state index >= 15 is 0 Å². The molecular weight excluding hydrogens is 369 g/mol. The number of aryl methyl sites for hydroxylation is 1. The van der Waals surface area contributed by atoms with E-state index in [1.807, 2.05) is 6.07 Å². The average molecular weight is 395 g/mol. The summed E-state index contributed by atoms with van der Waals surface area (Å²) in [5.74, 6) is 0.0401. The van der Waals surface area contributed by atoms with Gasteiger partial charge in [0.1, 0.15) is 11.6 Å². The summed E-state index contributed by atoms with van der Waals surface area (Å²) in [7, 11) is 0. The fourth-order valence-electron chi connectivity index (χ4n) is 3.31. The van der Waals surface area contributed by atoms with Crippen LogP contribution in [0.5, 0.6) is 0 Å². The molecular formula is C23H26FN3O2. The van der Waals surface area contributed by atoms with Crippen molar-refractivity contribution < 1.29 is 9.18 Å². The van der Waals surface area contributed by atoms with Gasteiger partial charge in [-0.3, -0.25) is 9.59 Å². The molecule has 0 spiro atoms. The minimum absolute atomic E-state index is 0.0164. The molecule has 1 heterocycles. The van der Waals surface area contributed by atoms with Gasteiger partial charge in [-0.2, -0.15) is 0 Å². The van der Waals surface area contributed by atoms with Gasteiger partial charge in [-0.25, -0.2) is 9.37 Å². The molecule has 5 nitrogen and oxygen atoms in total. The second kappa shape index (κ2) is 8.55. The quantitative estimate of drug-likeness (QED) is 0.654. The second-order valence-electron chi connectivity index (χ2n) is 8.47. The fourth-order valence-corrected chi connectivity index (χ4v) is 3.31. The van der Waals surface area contributed by atoms with Gasteiger partial charge < -0.3 is 10.3 Å². The number of carbonyl (C=O) groups is 1. The molecule has 6 heteroatoms. The van der Waals surface area contributed by atoms with Crippen molar-refractivity contribution >= 4 is 16.8 Å². The number of H-pyrrole nitrogens is 1. The number of carbonyl (C=O) groups excluding carboxylic acids is 1. The molecule has 0 saturated carbocycles. The average Bonchev–Trinajstić information content (AvgIpc) is 2.65. The van der Waals surface area contributed by atoms with Crippen LogP contribution in [0.25, 0.3) is 10.9 Å². The molecule has 0 saturated heterocycles. The van der Waals surface area contributed by atoms with Crippen molar-refractivity contribution in [1.82, 2.24) is 15.3 Å². The highest BCUT2D eigenvalue weighted by molar-refractivity contribution is 5.78. The molecule has 1 unspecified atom stereocenters. The monoisotopic (exact) mass is 395 g/mol. The van der Waals surface area contributed by atoms with E-state index in [-0.39, 0.29) is 35.2 Å². The van der Waals surface area contributed by atoms with Crippen LogP contribution in [0.1, 0.15) is 51.0 Å². The van der Waals surface area contributed by atoms with Crippen LogP contribution < -0.4 is 10.9 Å². The van der Waals surface area contributed by atoms with E-state index in [2.05, 4.69) is 36.1 Å². The highest BCUT2D eigenvalue weighted by Gasteiger charge is 2.22. The van der Waals surface area contributed by atoms with Gasteiger partial charge in [-0.05, 0) is 41.7 Å². The van der Waals surface area contributed by atoms with Gasteiger partial charge in [0.15, 0.2) is 0 Å². The lowest BCUT2D eigenvalue weighted by atomic mass is 9.85. The molecule has 1 amide bonds. The van der Waals surface area contributed by atoms with E-state index in [1.165, 1.54) is 12.1 Å². The molecule has 2 aromatic carbocycles. The van der Waals surface area contributed by atoms with Crippen LogP contribution in [0.2, 0.25) is 0 Å². The Morgan fingerprint density at radius 3 is 2.52 bits per heavy atom. The first-order chi connectivity index (χ1) is 13.7. The van der Waals surface area contributed by atoms with Gasteiger partial charge in [-0.1, -0.05) is 45.0 Å². The number of benzene rings is 2. The lowest BCUT2D eigenvalue weighted by Crippen LogP contribution is -2.31. The molecule has 0 bridgehead atoms. The van der Waals surface area contributed by atoms with Gasteiger partial charge in [0, 0.05) is 12.8 Å². The number of hydrogen-bond donors (Lipinski definition) is 2. The summed E-state index contributed by atoms with van der Waals surface area (Å²) in [6, 6.07) is 13.1. The lowest BCUT2D eigenvalue weighted by Gasteiger charge is -2.27. The maximum atomic E-state index is 13.3. The van der Waals surface area contributed by atoms with Crippen molar-refractivity contribution in [1.29, 1.82) is 0 Å². The number of amides is 1. The maximum Gasteiger partial charge on any atom is 0.258 e. The minimum Gasteiger partial charge on any atom is -0.349 e. The number of hydrogen-bond acceptors (Lipinski definition) is 3. The van der Waals surface area contributed by atoms with Crippen LogP contribution >= 0.6 is 0 Å². The van der Waals surface area contributed by atoms with Crippen LogP contribution in [0.15, 0.2) is 53.3 Å². The number of aromatic nitrogens is 2. The largest absolute Gasteiger partial charge is 0.349 e. The fraction of sp³-hybridized carbons (Fsp3) is 0.348. The highest BCUT2D eigenvalue weighted by Crippen LogP contribution is 2.29. The molecule has 0 aliphatic heterocycles. The van der Waals surface area contributed by atoms with Crippen LogP contribution in [-0.2, 0) is 11.2 Å². The van der Waals surface area contributed by atoms with Crippen LogP contribution in [0, 0.1) is 11.2 Å². The number of halogens is 1. The van der Waals surface area contributed by atoms with Crippen LogP contribution in [-0.4, -0.2) is 15.9 Å². The van der Waals surface area contributed by atoms with E-state index in [0.29, 0.717) is 23.1 Å². The second-order valence-corrected chi connectivity index (χ2v) is 8.47. The topological polar surface area (TPSA) is 74.8 Å². The summed E-state index contributed by atoms with van der Waals surface area (Å²) in [5.41, 5.74) is 1.26. The predicted octanol–water partition coefficient (Wildman–Crippen LogP) is 4.29. The van der Waals surface area contributed by atoms with Gasteiger partial charge in [0.05, 0.1) is 16.9 Å². The molecule has 0 fully saturated rings. The van der Waals surface area contributed by atoms with E-state index in [1.54, 1.807) is 30.3 Å². The summed E-state index contributed by atoms with van der Waals surface area (Å²) in [4.78, 5) is 31.9. The first-order valence-electron chi connectivity index (χ1n) is 9.74. The van der Waals surface area contributed by atoms with Gasteiger partial charge >= 0.3 is 0 Å². The Balaban J connectivity index is 1.70. The molecule has 29 heavy (non-hydrogen) atoms. The number of rotatable bonds is 6. The Kier molecular flexibility index (Phi) is 6.11. The number of fused-ring (bicyclic) bond motifs is 1. The molecule has 3 rings (SSSR count). The normalized spacial score (nSPS) is 12.7. The maximum absolute atomic E-state index is 13.3. The molecule has 1 atom stereocenters. The molecule has 1 aromatic heterocycles. The number of nitrogens with zero attached hydrogens (tertiary/aromatic N) is 1. The third-order valence-electron chi connectivity index (χ3n) is 4.67. The first-order valence-corrected chi connectivity index (χ1v) is 9.74. The van der Waals surface area contributed by atoms with E-state index < -0.39 is 0 Å². The highest BCUT2D eigenvalue weighted by atomic mass is 19.1. The molecule has 3 aromatic rings. The number of aromatic amines is 1. The van der Waals surface area contributed by atoms with Crippen molar-refractivity contribution in [3.63, 3.8) is 0 Å². The van der Waals surface area contributed by atoms with E-state index in [9.17, 15) is 14.0 Å². The zero-order valence-electron chi connectivity index (χ0n) is 17.0. The third kappa shape index (κ3) is 5.73. The van der Waals surface area contributed by atoms with Crippen molar-refractivity contribution in [3.05, 3.63) is 76.1 Å². The molecule has 152 valence electrons. The van der Waals surface area contributed by atoms with Crippen LogP contribution in [0.3, 0.4) is 0 Å². The summed E-state index contributed by atoms with van der Waals surface area (Å²) in [6.45, 7) is 6.29. The van der Waals surface area contributed by atoms with E-state index in [0.717, 1.165) is 12.0 Å². The summed E-state index contributed by atoms with van der Waals surface area (Å²) >= 11 is 0. The standard InChI is InChI=1S/C23H26FN3O2/c1-23(2,3)14-19(15-8-10-16(24)11-9-15)26-21(28)13-12-20-25-18-7-5-4-6-17(18)22(29)27-20/h4-11,19H,12-14H2,1-3H3,(H,26,28)(H,25,27,29). The summed E-state index contributed by atoms with van der Waals surface area (Å²) < 4.78 is 13.3. The molecule has 0 radical (unpaired) electrons. The number of nitrogens with one attached hydrogen (secondary N) is 2. The van der Waals surface area contributed by atoms with Crippen molar-refractivity contribution in [3.8, 4) is 0 Å². The van der Waals surface area contributed by atoms with E-state index in [4.69, 9.17) is 0 Å². The SMILES string of the molecule is CC(C)(C)CC(NC(=O)CCc1nc2ccccc2c(=O)[nH]1)c1ccc(F)cc1. The van der Waals surface area contributed by atoms with Crippen molar-refractivity contribution in [2.75, 3.05) is 0 Å². The Labute approximate surface area is 169 Å². The summed E-state index contributed by atoms with van der Waals surface area (Å²) in [6.07, 6.45) is 1.25. The Morgan fingerprint density at radius 2 is 1.83 bits per heavy atom. The lowest BCUT2D eigenvalue weighted by molar-refractivity contribution is -0.122. The van der Waals surface area contributed by atoms with Crippen molar-refractivity contribution in [2.45, 2.75) is 46.1 Å².